The predicted octanol–water partition coefficient (Wildman–Crippen LogP) is 1.18. The molecule has 0 spiro atoms. The molecule has 0 fully saturated rings. The second kappa shape index (κ2) is 10.00. The van der Waals surface area contributed by atoms with Gasteiger partial charge in [-0.1, -0.05) is 0 Å². The topological polar surface area (TPSA) is 37.4 Å². The molecule has 4 heteroatoms. The van der Waals surface area contributed by atoms with Crippen molar-refractivity contribution in [2.75, 3.05) is 46.9 Å². The Balaban J connectivity index is 1.98. The third kappa shape index (κ3) is 7.37. The van der Waals surface area contributed by atoms with E-state index in [4.69, 9.17) is 4.74 Å². The fourth-order valence-corrected chi connectivity index (χ4v) is 1.78. The van der Waals surface area contributed by atoms with Gasteiger partial charge in [0.2, 0.25) is 0 Å². The van der Waals surface area contributed by atoms with Crippen LogP contribution in [0.3, 0.4) is 0 Å². The van der Waals surface area contributed by atoms with Gasteiger partial charge in [0.05, 0.1) is 6.61 Å². The molecule has 1 aromatic heterocycles. The number of nitrogens with one attached hydrogen (secondary N) is 1. The summed E-state index contributed by atoms with van der Waals surface area (Å²) >= 11 is 0. The largest absolute Gasteiger partial charge is 0.383 e. The number of aromatic nitrogens is 1. The number of methoxy groups -OCH3 is 1. The van der Waals surface area contributed by atoms with Gasteiger partial charge < -0.3 is 15.0 Å². The average Bonchev–Trinajstić information content (AvgIpc) is 2.40. The molecule has 0 radical (unpaired) electrons. The summed E-state index contributed by atoms with van der Waals surface area (Å²) in [6, 6.07) is 4.18. The SMILES string of the molecule is COCCNCCN(C)CCCc1ccncc1. The van der Waals surface area contributed by atoms with Gasteiger partial charge in [-0.3, -0.25) is 4.98 Å². The predicted molar refractivity (Wildman–Crippen MR) is 74.8 cm³/mol. The Morgan fingerprint density at radius 2 is 2.00 bits per heavy atom. The highest BCUT2D eigenvalue weighted by Crippen LogP contribution is 2.01. The Morgan fingerprint density at radius 1 is 1.22 bits per heavy atom. The van der Waals surface area contributed by atoms with Gasteiger partial charge in [-0.15, -0.1) is 0 Å². The average molecular weight is 251 g/mol. The number of hydrogen-bond acceptors (Lipinski definition) is 4. The molecule has 0 aliphatic heterocycles. The summed E-state index contributed by atoms with van der Waals surface area (Å²) in [7, 11) is 3.90. The number of hydrogen-bond donors (Lipinski definition) is 1. The molecular weight excluding hydrogens is 226 g/mol. The standard InChI is InChI=1S/C14H25N3O/c1-17(12-9-16-10-13-18-2)11-3-4-14-5-7-15-8-6-14/h5-8,16H,3-4,9-13H2,1-2H3. The zero-order valence-electron chi connectivity index (χ0n) is 11.6. The van der Waals surface area contributed by atoms with Crippen molar-refractivity contribution in [1.82, 2.24) is 15.2 Å². The Labute approximate surface area is 110 Å². The van der Waals surface area contributed by atoms with E-state index in [0.717, 1.165) is 39.2 Å². The molecule has 0 aliphatic rings. The van der Waals surface area contributed by atoms with Crippen LogP contribution in [0.15, 0.2) is 24.5 Å². The minimum atomic E-state index is 0.783. The number of nitrogens with zero attached hydrogens (tertiary/aromatic N) is 2. The molecule has 1 N–H and O–H groups in total. The van der Waals surface area contributed by atoms with Gasteiger partial charge in [0, 0.05) is 39.1 Å². The maximum Gasteiger partial charge on any atom is 0.0587 e. The van der Waals surface area contributed by atoms with Gasteiger partial charge in [0.25, 0.3) is 0 Å². The van der Waals surface area contributed by atoms with Gasteiger partial charge in [0.15, 0.2) is 0 Å². The number of likely N-dealkylation sites (N-methyl/N-ethyl adjacent to an activating group) is 1. The van der Waals surface area contributed by atoms with Crippen LogP contribution < -0.4 is 5.32 Å². The van der Waals surface area contributed by atoms with Crippen molar-refractivity contribution in [3.8, 4) is 0 Å². The molecule has 18 heavy (non-hydrogen) atoms. The van der Waals surface area contributed by atoms with Crippen molar-refractivity contribution < 1.29 is 4.74 Å². The lowest BCUT2D eigenvalue weighted by Gasteiger charge is -2.16. The van der Waals surface area contributed by atoms with Crippen LogP contribution in [0.1, 0.15) is 12.0 Å². The third-order valence-electron chi connectivity index (χ3n) is 2.91. The summed E-state index contributed by atoms with van der Waals surface area (Å²) in [5.41, 5.74) is 1.37. The summed E-state index contributed by atoms with van der Waals surface area (Å²) in [4.78, 5) is 6.39. The number of pyridine rings is 1. The van der Waals surface area contributed by atoms with Crippen LogP contribution in [0.5, 0.6) is 0 Å². The molecule has 0 amide bonds. The summed E-state index contributed by atoms with van der Waals surface area (Å²) in [6.45, 7) is 4.95. The fraction of sp³-hybridized carbons (Fsp3) is 0.643. The first-order chi connectivity index (χ1) is 8.83. The Morgan fingerprint density at radius 3 is 2.72 bits per heavy atom. The second-order valence-corrected chi connectivity index (χ2v) is 4.51. The van der Waals surface area contributed by atoms with E-state index in [-0.39, 0.29) is 0 Å². The molecule has 0 unspecified atom stereocenters. The van der Waals surface area contributed by atoms with E-state index in [9.17, 15) is 0 Å². The van der Waals surface area contributed by atoms with E-state index in [1.165, 1.54) is 12.0 Å². The maximum absolute atomic E-state index is 4.98. The smallest absolute Gasteiger partial charge is 0.0587 e. The second-order valence-electron chi connectivity index (χ2n) is 4.51. The molecule has 0 saturated carbocycles. The fourth-order valence-electron chi connectivity index (χ4n) is 1.78. The van der Waals surface area contributed by atoms with Crippen LogP contribution >= 0.6 is 0 Å². The molecule has 1 aromatic rings. The molecule has 0 atom stereocenters. The quantitative estimate of drug-likeness (QED) is 0.634. The molecule has 1 heterocycles. The Bertz CT molecular complexity index is 292. The van der Waals surface area contributed by atoms with Crippen LogP contribution in [0.25, 0.3) is 0 Å². The van der Waals surface area contributed by atoms with E-state index in [1.54, 1.807) is 7.11 Å². The van der Waals surface area contributed by atoms with Gasteiger partial charge in [-0.25, -0.2) is 0 Å². The Kier molecular flexibility index (Phi) is 8.38. The van der Waals surface area contributed by atoms with E-state index >= 15 is 0 Å². The highest BCUT2D eigenvalue weighted by Gasteiger charge is 1.98. The monoisotopic (exact) mass is 251 g/mol. The zero-order chi connectivity index (χ0) is 13.1. The minimum absolute atomic E-state index is 0.783. The van der Waals surface area contributed by atoms with Gasteiger partial charge >= 0.3 is 0 Å². The van der Waals surface area contributed by atoms with E-state index in [0.29, 0.717) is 0 Å². The number of ether oxygens (including phenoxy) is 1. The van der Waals surface area contributed by atoms with Gasteiger partial charge in [-0.2, -0.15) is 0 Å². The molecule has 0 aliphatic carbocycles. The first-order valence-corrected chi connectivity index (χ1v) is 6.60. The highest BCUT2D eigenvalue weighted by atomic mass is 16.5. The summed E-state index contributed by atoms with van der Waals surface area (Å²) < 4.78 is 4.98. The van der Waals surface area contributed by atoms with Crippen LogP contribution in [-0.2, 0) is 11.2 Å². The van der Waals surface area contributed by atoms with Crippen LogP contribution in [0.2, 0.25) is 0 Å². The molecule has 4 nitrogen and oxygen atoms in total. The minimum Gasteiger partial charge on any atom is -0.383 e. The van der Waals surface area contributed by atoms with Crippen molar-refractivity contribution in [3.05, 3.63) is 30.1 Å². The first kappa shape index (κ1) is 15.1. The number of aryl methyl sites for hydroxylation is 1. The van der Waals surface area contributed by atoms with Gasteiger partial charge in [-0.05, 0) is 44.1 Å². The summed E-state index contributed by atoms with van der Waals surface area (Å²) in [5, 5.41) is 3.35. The van der Waals surface area contributed by atoms with E-state index in [2.05, 4.69) is 34.4 Å². The van der Waals surface area contributed by atoms with Crippen molar-refractivity contribution in [2.24, 2.45) is 0 Å². The van der Waals surface area contributed by atoms with Crippen LogP contribution in [-0.4, -0.2) is 56.8 Å². The lowest BCUT2D eigenvalue weighted by Crippen LogP contribution is -2.31. The van der Waals surface area contributed by atoms with Crippen LogP contribution in [0, 0.1) is 0 Å². The first-order valence-electron chi connectivity index (χ1n) is 6.60. The van der Waals surface area contributed by atoms with Crippen molar-refractivity contribution in [2.45, 2.75) is 12.8 Å². The summed E-state index contributed by atoms with van der Waals surface area (Å²) in [5.74, 6) is 0. The molecule has 0 saturated heterocycles. The Hall–Kier alpha value is -0.970. The number of rotatable bonds is 10. The van der Waals surface area contributed by atoms with Crippen molar-refractivity contribution in [3.63, 3.8) is 0 Å². The van der Waals surface area contributed by atoms with Crippen LogP contribution in [0.4, 0.5) is 0 Å². The maximum atomic E-state index is 4.98. The molecular formula is C14H25N3O. The zero-order valence-corrected chi connectivity index (χ0v) is 11.6. The normalized spacial score (nSPS) is 11.1. The summed E-state index contributed by atoms with van der Waals surface area (Å²) in [6.07, 6.45) is 6.04. The van der Waals surface area contributed by atoms with Crippen molar-refractivity contribution in [1.29, 1.82) is 0 Å². The lowest BCUT2D eigenvalue weighted by atomic mass is 10.1. The van der Waals surface area contributed by atoms with Crippen molar-refractivity contribution >= 4 is 0 Å². The van der Waals surface area contributed by atoms with E-state index in [1.807, 2.05) is 12.4 Å². The van der Waals surface area contributed by atoms with E-state index < -0.39 is 0 Å². The van der Waals surface area contributed by atoms with Gasteiger partial charge in [0.1, 0.15) is 0 Å². The lowest BCUT2D eigenvalue weighted by molar-refractivity contribution is 0.198. The molecule has 0 bridgehead atoms. The third-order valence-corrected chi connectivity index (χ3v) is 2.91. The highest BCUT2D eigenvalue weighted by molar-refractivity contribution is 5.09. The molecule has 1 rings (SSSR count). The molecule has 102 valence electrons. The molecule has 0 aromatic carbocycles.